The number of carbonyl (C=O) groups is 1. The van der Waals surface area contributed by atoms with Crippen molar-refractivity contribution in [2.45, 2.75) is 31.2 Å². The summed E-state index contributed by atoms with van der Waals surface area (Å²) >= 11 is 0. The van der Waals surface area contributed by atoms with Gasteiger partial charge >= 0.3 is 0 Å². The molecule has 140 valence electrons. The number of piperidine rings is 1. The Bertz CT molecular complexity index is 874. The molecular weight excluding hydrogens is 363 g/mol. The van der Waals surface area contributed by atoms with Gasteiger partial charge in [0.2, 0.25) is 21.8 Å². The normalized spacial score (nSPS) is 16.5. The molecule has 8 nitrogen and oxygen atoms in total. The Morgan fingerprint density at radius 3 is 2.54 bits per heavy atom. The zero-order valence-electron chi connectivity index (χ0n) is 14.2. The Morgan fingerprint density at radius 2 is 1.96 bits per heavy atom. The number of halogens is 1. The van der Waals surface area contributed by atoms with Gasteiger partial charge in [0.25, 0.3) is 0 Å². The van der Waals surface area contributed by atoms with Crippen LogP contribution in [0.15, 0.2) is 33.7 Å². The van der Waals surface area contributed by atoms with Crippen molar-refractivity contribution in [3.63, 3.8) is 0 Å². The molecule has 0 saturated carbocycles. The van der Waals surface area contributed by atoms with Crippen molar-refractivity contribution < 1.29 is 22.1 Å². The molecule has 1 fully saturated rings. The minimum atomic E-state index is -3.68. The van der Waals surface area contributed by atoms with Crippen LogP contribution in [0.4, 0.5) is 4.39 Å². The van der Waals surface area contributed by atoms with Gasteiger partial charge in [-0.3, -0.25) is 4.79 Å². The molecule has 0 bridgehead atoms. The van der Waals surface area contributed by atoms with Gasteiger partial charge in [-0.1, -0.05) is 5.16 Å². The lowest BCUT2D eigenvalue weighted by Gasteiger charge is -2.30. The van der Waals surface area contributed by atoms with E-state index in [0.29, 0.717) is 24.6 Å². The van der Waals surface area contributed by atoms with Crippen LogP contribution < -0.4 is 5.32 Å². The average Bonchev–Trinajstić information content (AvgIpc) is 3.05. The van der Waals surface area contributed by atoms with Gasteiger partial charge in [-0.15, -0.1) is 0 Å². The van der Waals surface area contributed by atoms with Crippen LogP contribution in [0.25, 0.3) is 0 Å². The summed E-state index contributed by atoms with van der Waals surface area (Å²) in [6.45, 7) is 2.30. The van der Waals surface area contributed by atoms with Crippen molar-refractivity contribution >= 4 is 15.9 Å². The number of aryl methyl sites for hydroxylation is 1. The number of rotatable bonds is 5. The minimum absolute atomic E-state index is 0.0496. The minimum Gasteiger partial charge on any atom is -0.347 e. The monoisotopic (exact) mass is 382 g/mol. The number of nitrogens with one attached hydrogen (secondary N) is 1. The summed E-state index contributed by atoms with van der Waals surface area (Å²) in [6, 6.07) is 4.73. The molecule has 0 radical (unpaired) electrons. The number of benzene rings is 1. The maximum absolute atomic E-state index is 13.0. The molecule has 1 aliphatic heterocycles. The van der Waals surface area contributed by atoms with E-state index in [1.165, 1.54) is 16.4 Å². The third-order valence-corrected chi connectivity index (χ3v) is 6.17. The van der Waals surface area contributed by atoms with Crippen LogP contribution >= 0.6 is 0 Å². The largest absolute Gasteiger partial charge is 0.347 e. The van der Waals surface area contributed by atoms with E-state index in [1.807, 2.05) is 0 Å². The quantitative estimate of drug-likeness (QED) is 0.834. The van der Waals surface area contributed by atoms with E-state index in [4.69, 9.17) is 4.52 Å². The van der Waals surface area contributed by atoms with E-state index in [9.17, 15) is 17.6 Å². The zero-order chi connectivity index (χ0) is 18.7. The number of hydrogen-bond donors (Lipinski definition) is 1. The van der Waals surface area contributed by atoms with Crippen LogP contribution in [-0.2, 0) is 21.4 Å². The fourth-order valence-electron chi connectivity index (χ4n) is 2.83. The lowest BCUT2D eigenvalue weighted by atomic mass is 9.97. The molecule has 0 aliphatic carbocycles. The maximum Gasteiger partial charge on any atom is 0.246 e. The Hall–Kier alpha value is -2.33. The summed E-state index contributed by atoms with van der Waals surface area (Å²) in [5.41, 5.74) is 0. The molecule has 1 aromatic carbocycles. The SMILES string of the molecule is Cc1noc(CNC(=O)C2CCN(S(=O)(=O)c3ccc(F)cc3)CC2)n1. The van der Waals surface area contributed by atoms with Gasteiger partial charge in [-0.25, -0.2) is 12.8 Å². The fraction of sp³-hybridized carbons (Fsp3) is 0.438. The van der Waals surface area contributed by atoms with Crippen molar-refractivity contribution in [2.24, 2.45) is 5.92 Å². The molecule has 1 saturated heterocycles. The van der Waals surface area contributed by atoms with E-state index in [1.54, 1.807) is 6.92 Å². The molecule has 0 atom stereocenters. The predicted octanol–water partition coefficient (Wildman–Crippen LogP) is 1.23. The highest BCUT2D eigenvalue weighted by molar-refractivity contribution is 7.89. The highest BCUT2D eigenvalue weighted by Gasteiger charge is 2.32. The highest BCUT2D eigenvalue weighted by Crippen LogP contribution is 2.24. The van der Waals surface area contributed by atoms with E-state index in [0.717, 1.165) is 12.1 Å². The molecule has 0 spiro atoms. The number of aromatic nitrogens is 2. The zero-order valence-corrected chi connectivity index (χ0v) is 15.0. The van der Waals surface area contributed by atoms with Gasteiger partial charge in [0.15, 0.2) is 5.82 Å². The van der Waals surface area contributed by atoms with E-state index in [-0.39, 0.29) is 36.4 Å². The van der Waals surface area contributed by atoms with Gasteiger partial charge in [-0.2, -0.15) is 9.29 Å². The molecule has 1 N–H and O–H groups in total. The van der Waals surface area contributed by atoms with E-state index < -0.39 is 15.8 Å². The van der Waals surface area contributed by atoms with Gasteiger partial charge in [-0.05, 0) is 44.0 Å². The fourth-order valence-corrected chi connectivity index (χ4v) is 4.30. The smallest absolute Gasteiger partial charge is 0.246 e. The second kappa shape index (κ2) is 7.50. The molecule has 26 heavy (non-hydrogen) atoms. The summed E-state index contributed by atoms with van der Waals surface area (Å²) < 4.78 is 44.4. The Kier molecular flexibility index (Phi) is 5.33. The topological polar surface area (TPSA) is 105 Å². The van der Waals surface area contributed by atoms with Crippen molar-refractivity contribution in [1.82, 2.24) is 19.8 Å². The molecule has 1 amide bonds. The van der Waals surface area contributed by atoms with Crippen molar-refractivity contribution in [3.05, 3.63) is 41.8 Å². The predicted molar refractivity (Wildman–Crippen MR) is 88.8 cm³/mol. The number of nitrogens with zero attached hydrogens (tertiary/aromatic N) is 3. The second-order valence-electron chi connectivity index (χ2n) is 6.09. The lowest BCUT2D eigenvalue weighted by Crippen LogP contribution is -2.42. The molecular formula is C16H19FN4O4S. The molecule has 1 aromatic heterocycles. The Balaban J connectivity index is 1.54. The first-order chi connectivity index (χ1) is 12.4. The summed E-state index contributed by atoms with van der Waals surface area (Å²) in [5, 5.41) is 6.37. The first-order valence-electron chi connectivity index (χ1n) is 8.19. The number of carbonyl (C=O) groups excluding carboxylic acids is 1. The van der Waals surface area contributed by atoms with Crippen molar-refractivity contribution in [1.29, 1.82) is 0 Å². The van der Waals surface area contributed by atoms with Gasteiger partial charge in [0.1, 0.15) is 5.82 Å². The highest BCUT2D eigenvalue weighted by atomic mass is 32.2. The van der Waals surface area contributed by atoms with E-state index in [2.05, 4.69) is 15.5 Å². The molecule has 0 unspecified atom stereocenters. The van der Waals surface area contributed by atoms with Crippen LogP contribution in [0.1, 0.15) is 24.6 Å². The van der Waals surface area contributed by atoms with Crippen molar-refractivity contribution in [2.75, 3.05) is 13.1 Å². The van der Waals surface area contributed by atoms with Gasteiger partial charge < -0.3 is 9.84 Å². The molecule has 3 rings (SSSR count). The summed E-state index contributed by atoms with van der Waals surface area (Å²) in [4.78, 5) is 16.3. The summed E-state index contributed by atoms with van der Waals surface area (Å²) in [7, 11) is -3.68. The van der Waals surface area contributed by atoms with Crippen LogP contribution in [-0.4, -0.2) is 41.9 Å². The van der Waals surface area contributed by atoms with Crippen LogP contribution in [0.5, 0.6) is 0 Å². The van der Waals surface area contributed by atoms with Gasteiger partial charge in [0.05, 0.1) is 11.4 Å². The number of hydrogen-bond acceptors (Lipinski definition) is 6. The molecule has 1 aliphatic rings. The van der Waals surface area contributed by atoms with Crippen LogP contribution in [0.2, 0.25) is 0 Å². The molecule has 2 aromatic rings. The van der Waals surface area contributed by atoms with Crippen LogP contribution in [0.3, 0.4) is 0 Å². The average molecular weight is 382 g/mol. The second-order valence-corrected chi connectivity index (χ2v) is 8.02. The number of amides is 1. The summed E-state index contributed by atoms with van der Waals surface area (Å²) in [5.74, 6) is -0.116. The van der Waals surface area contributed by atoms with Gasteiger partial charge in [0, 0.05) is 19.0 Å². The number of sulfonamides is 1. The lowest BCUT2D eigenvalue weighted by molar-refractivity contribution is -0.126. The maximum atomic E-state index is 13.0. The molecule has 2 heterocycles. The standard InChI is InChI=1S/C16H19FN4O4S/c1-11-19-15(25-20-11)10-18-16(22)12-6-8-21(9-7-12)26(23,24)14-4-2-13(17)3-5-14/h2-5,12H,6-10H2,1H3,(H,18,22). The summed E-state index contributed by atoms with van der Waals surface area (Å²) in [6.07, 6.45) is 0.824. The third kappa shape index (κ3) is 4.07. The third-order valence-electron chi connectivity index (χ3n) is 4.26. The van der Waals surface area contributed by atoms with Crippen LogP contribution in [0, 0.1) is 18.7 Å². The first kappa shape index (κ1) is 18.5. The van der Waals surface area contributed by atoms with E-state index >= 15 is 0 Å². The van der Waals surface area contributed by atoms with Crippen molar-refractivity contribution in [3.8, 4) is 0 Å². The Labute approximate surface area is 150 Å². The molecule has 10 heteroatoms. The Morgan fingerprint density at radius 1 is 1.31 bits per heavy atom. The first-order valence-corrected chi connectivity index (χ1v) is 9.63.